The third-order valence-corrected chi connectivity index (χ3v) is 12.7. The first-order valence-corrected chi connectivity index (χ1v) is 24.8. The number of aliphatic hydroxyl groups excluding tert-OH is 1. The van der Waals surface area contributed by atoms with Crippen molar-refractivity contribution in [3.63, 3.8) is 0 Å². The minimum atomic E-state index is -1.53. The molecule has 12 nitrogen and oxygen atoms in total. The Morgan fingerprint density at radius 3 is 1.15 bits per heavy atom. The number of hydrogen-bond acceptors (Lipinski definition) is 12. The fourth-order valence-corrected chi connectivity index (χ4v) is 8.92. The summed E-state index contributed by atoms with van der Waals surface area (Å²) in [7, 11) is 0. The van der Waals surface area contributed by atoms with Gasteiger partial charge in [0.2, 0.25) is 0 Å². The molecule has 2 heterocycles. The Kier molecular flexibility index (Phi) is 19.1. The van der Waals surface area contributed by atoms with E-state index in [4.69, 9.17) is 47.4 Å². The molecule has 0 saturated carbocycles. The lowest BCUT2D eigenvalue weighted by molar-refractivity contribution is -0.373. The number of carbonyl (C=O) groups is 1. The van der Waals surface area contributed by atoms with Crippen LogP contribution in [0.5, 0.6) is 0 Å². The second-order valence-corrected chi connectivity index (χ2v) is 18.0. The van der Waals surface area contributed by atoms with Crippen molar-refractivity contribution in [2.45, 2.75) is 101 Å². The highest BCUT2D eigenvalue weighted by Gasteiger charge is 2.54. The molecule has 0 radical (unpaired) electrons. The molecule has 9 rings (SSSR count). The van der Waals surface area contributed by atoms with Gasteiger partial charge in [0.25, 0.3) is 0 Å². The van der Waals surface area contributed by atoms with Crippen molar-refractivity contribution in [2.75, 3.05) is 13.2 Å². The topological polar surface area (TPSA) is 130 Å². The Morgan fingerprint density at radius 2 is 0.712 bits per heavy atom. The molecule has 2 saturated heterocycles. The van der Waals surface area contributed by atoms with Gasteiger partial charge < -0.3 is 52.5 Å². The summed E-state index contributed by atoms with van der Waals surface area (Å²) in [4.78, 5) is 13.6. The zero-order valence-electron chi connectivity index (χ0n) is 40.6. The van der Waals surface area contributed by atoms with Gasteiger partial charge in [-0.15, -0.1) is 0 Å². The number of aliphatic hydroxyl groups is 1. The van der Waals surface area contributed by atoms with E-state index in [-0.39, 0.29) is 46.2 Å². The molecule has 12 heteroatoms. The van der Waals surface area contributed by atoms with Crippen LogP contribution in [0.2, 0.25) is 0 Å². The molecule has 73 heavy (non-hydrogen) atoms. The predicted molar refractivity (Wildman–Crippen MR) is 272 cm³/mol. The zero-order valence-corrected chi connectivity index (χ0v) is 40.6. The summed E-state index contributed by atoms with van der Waals surface area (Å²) in [6, 6.07) is 67.6. The quantitative estimate of drug-likeness (QED) is 0.0579. The minimum Gasteiger partial charge on any atom is -0.459 e. The molecule has 10 atom stereocenters. The van der Waals surface area contributed by atoms with Crippen LogP contribution in [0.25, 0.3) is 0 Å². The highest BCUT2D eigenvalue weighted by atomic mass is 16.8. The molecular formula is C61H62O12. The summed E-state index contributed by atoms with van der Waals surface area (Å²) in [5, 5.41) is 12.0. The summed E-state index contributed by atoms with van der Waals surface area (Å²) < 4.78 is 67.7. The molecule has 2 fully saturated rings. The van der Waals surface area contributed by atoms with Gasteiger partial charge in [-0.3, -0.25) is 0 Å². The lowest BCUT2D eigenvalue weighted by Gasteiger charge is -2.49. The van der Waals surface area contributed by atoms with Gasteiger partial charge in [0.1, 0.15) is 55.4 Å². The number of esters is 1. The van der Waals surface area contributed by atoms with E-state index in [1.807, 2.05) is 188 Å². The predicted octanol–water partition coefficient (Wildman–Crippen LogP) is 9.81. The van der Waals surface area contributed by atoms with Gasteiger partial charge in [0.05, 0.1) is 51.8 Å². The van der Waals surface area contributed by atoms with Crippen molar-refractivity contribution in [3.8, 4) is 0 Å². The van der Waals surface area contributed by atoms with Crippen LogP contribution >= 0.6 is 0 Å². The first-order chi connectivity index (χ1) is 36.0. The second kappa shape index (κ2) is 27.1. The van der Waals surface area contributed by atoms with Gasteiger partial charge in [0.15, 0.2) is 12.6 Å². The van der Waals surface area contributed by atoms with Crippen LogP contribution in [0, 0.1) is 0 Å². The first-order valence-electron chi connectivity index (χ1n) is 24.8. The maximum atomic E-state index is 13.6. The monoisotopic (exact) mass is 986 g/mol. The molecule has 0 spiro atoms. The van der Waals surface area contributed by atoms with Crippen molar-refractivity contribution >= 4 is 5.97 Å². The van der Waals surface area contributed by atoms with Gasteiger partial charge in [-0.1, -0.05) is 200 Å². The fourth-order valence-electron chi connectivity index (χ4n) is 8.92. The maximum absolute atomic E-state index is 13.6. The molecule has 2 aliphatic rings. The fraction of sp³-hybridized carbons (Fsp3) is 0.295. The van der Waals surface area contributed by atoms with E-state index >= 15 is 0 Å². The largest absolute Gasteiger partial charge is 0.459 e. The van der Waals surface area contributed by atoms with Crippen LogP contribution in [-0.2, 0) is 87.0 Å². The average Bonchev–Trinajstić information content (AvgIpc) is 3.45. The number of benzene rings is 7. The number of carbonyl (C=O) groups excluding carboxylic acids is 1. The van der Waals surface area contributed by atoms with E-state index in [2.05, 4.69) is 0 Å². The molecular weight excluding hydrogens is 925 g/mol. The Morgan fingerprint density at radius 1 is 0.370 bits per heavy atom. The Labute approximate surface area is 427 Å². The van der Waals surface area contributed by atoms with E-state index in [0.29, 0.717) is 12.2 Å². The van der Waals surface area contributed by atoms with Crippen LogP contribution in [0.1, 0.15) is 43.7 Å². The van der Waals surface area contributed by atoms with Crippen LogP contribution in [0.15, 0.2) is 212 Å². The number of rotatable bonds is 24. The molecule has 1 N–H and O–H groups in total. The third-order valence-electron chi connectivity index (χ3n) is 12.7. The lowest BCUT2D eigenvalue weighted by atomic mass is 9.95. The summed E-state index contributed by atoms with van der Waals surface area (Å²) in [6.07, 6.45) is -10.4. The summed E-state index contributed by atoms with van der Waals surface area (Å²) in [5.74, 6) is -0.581. The van der Waals surface area contributed by atoms with Gasteiger partial charge >= 0.3 is 5.97 Å². The maximum Gasteiger partial charge on any atom is 0.338 e. The van der Waals surface area contributed by atoms with E-state index in [1.54, 1.807) is 24.3 Å². The van der Waals surface area contributed by atoms with Gasteiger partial charge in [-0.25, -0.2) is 4.79 Å². The van der Waals surface area contributed by atoms with Crippen molar-refractivity contribution in [2.24, 2.45) is 0 Å². The van der Waals surface area contributed by atoms with Crippen molar-refractivity contribution in [1.82, 2.24) is 0 Å². The average molecular weight is 987 g/mol. The number of ether oxygens (including phenoxy) is 10. The second-order valence-electron chi connectivity index (χ2n) is 18.0. The van der Waals surface area contributed by atoms with E-state index < -0.39 is 67.4 Å². The summed E-state index contributed by atoms with van der Waals surface area (Å²) in [6.45, 7) is 0.917. The minimum absolute atomic E-state index is 0.0829. The smallest absolute Gasteiger partial charge is 0.338 e. The molecule has 7 aromatic carbocycles. The summed E-state index contributed by atoms with van der Waals surface area (Å²) >= 11 is 0. The lowest BCUT2D eigenvalue weighted by Crippen LogP contribution is -2.66. The van der Waals surface area contributed by atoms with Crippen LogP contribution < -0.4 is 0 Å². The Balaban J connectivity index is 1.11. The SMILES string of the molecule is O=C(OCC1O[C@@H](O)[C@@H](OCc2ccccc2)[C@@H](OCc2ccccc2)[C@H]1O[C@H]1OC(COCc2ccccc2)[C@H](OCc2ccccc2)[C@H](OCc2ccccc2)[C@@H]1OCc1ccccc1)c1ccccc1. The molecule has 378 valence electrons. The molecule has 0 bridgehead atoms. The highest BCUT2D eigenvalue weighted by Crippen LogP contribution is 2.36. The Hall–Kier alpha value is -6.39. The molecule has 7 aromatic rings. The van der Waals surface area contributed by atoms with Crippen molar-refractivity contribution in [3.05, 3.63) is 251 Å². The van der Waals surface area contributed by atoms with Gasteiger partial charge in [-0.2, -0.15) is 0 Å². The molecule has 0 amide bonds. The molecule has 2 aliphatic heterocycles. The van der Waals surface area contributed by atoms with Gasteiger partial charge in [0, 0.05) is 0 Å². The standard InChI is InChI=1S/C61H62O12/c62-59(50-34-20-7-21-35-50)70-43-52-54(56(67-39-47-28-14-4-15-29-47)57(60(63)71-52)68-40-48-30-16-5-17-31-48)73-61-58(69-41-49-32-18-6-19-33-49)55(66-38-46-26-12-3-13-27-46)53(65-37-45-24-10-2-11-25-45)51(72-61)42-64-36-44-22-8-1-9-23-44/h1-35,51-58,60-61,63H,36-43H2/t51?,52?,53-,54-,55-,56-,57-,58-,60+,61+/m0/s1. The molecule has 0 aromatic heterocycles. The van der Waals surface area contributed by atoms with Crippen molar-refractivity contribution < 1.29 is 57.3 Å². The van der Waals surface area contributed by atoms with Gasteiger partial charge in [-0.05, 0) is 45.5 Å². The van der Waals surface area contributed by atoms with E-state index in [0.717, 1.165) is 33.4 Å². The zero-order chi connectivity index (χ0) is 49.9. The molecule has 0 aliphatic carbocycles. The summed E-state index contributed by atoms with van der Waals surface area (Å²) in [5.41, 5.74) is 5.88. The number of hydrogen-bond donors (Lipinski definition) is 1. The van der Waals surface area contributed by atoms with E-state index in [1.165, 1.54) is 0 Å². The van der Waals surface area contributed by atoms with Crippen molar-refractivity contribution in [1.29, 1.82) is 0 Å². The normalized spacial score (nSPS) is 23.9. The van der Waals surface area contributed by atoms with Crippen LogP contribution in [0.3, 0.4) is 0 Å². The van der Waals surface area contributed by atoms with E-state index in [9.17, 15) is 9.90 Å². The molecule has 2 unspecified atom stereocenters. The highest BCUT2D eigenvalue weighted by molar-refractivity contribution is 5.89. The third kappa shape index (κ3) is 14.9. The Bertz CT molecular complexity index is 2630. The van der Waals surface area contributed by atoms with Crippen LogP contribution in [0.4, 0.5) is 0 Å². The first kappa shape index (κ1) is 51.5. The van der Waals surface area contributed by atoms with Crippen LogP contribution in [-0.4, -0.2) is 85.7 Å².